The average molecular weight is 345 g/mol. The van der Waals surface area contributed by atoms with Crippen molar-refractivity contribution >= 4 is 19.5 Å². The van der Waals surface area contributed by atoms with Gasteiger partial charge in [-0.05, 0) is 30.5 Å². The van der Waals surface area contributed by atoms with Crippen molar-refractivity contribution in [2.24, 2.45) is 5.73 Å². The molecule has 0 bridgehead atoms. The summed E-state index contributed by atoms with van der Waals surface area (Å²) in [5.74, 6) is -2.31. The first-order valence-electron chi connectivity index (χ1n) is 6.78. The molecule has 5 N–H and O–H groups in total. The summed E-state index contributed by atoms with van der Waals surface area (Å²) >= 11 is 0. The van der Waals surface area contributed by atoms with Crippen molar-refractivity contribution in [3.05, 3.63) is 35.4 Å². The van der Waals surface area contributed by atoms with Crippen LogP contribution in [-0.4, -0.2) is 39.9 Å². The summed E-state index contributed by atoms with van der Waals surface area (Å²) in [6.07, 6.45) is 1.01. The summed E-state index contributed by atoms with van der Waals surface area (Å²) in [5, 5.41) is 18.5. The lowest BCUT2D eigenvalue weighted by atomic mass is 10.1. The average Bonchev–Trinajstić information content (AvgIpc) is 2.51. The van der Waals surface area contributed by atoms with Crippen LogP contribution in [-0.2, 0) is 25.4 Å². The molecule has 0 aliphatic rings. The molecule has 0 aliphatic carbocycles. The van der Waals surface area contributed by atoms with Gasteiger partial charge in [-0.15, -0.1) is 0 Å². The molecule has 0 fully saturated rings. The van der Waals surface area contributed by atoms with Crippen LogP contribution in [0.2, 0.25) is 0 Å². The van der Waals surface area contributed by atoms with Crippen LogP contribution in [0.25, 0.3) is 0 Å². The predicted molar refractivity (Wildman–Crippen MR) is 80.7 cm³/mol. The molecule has 2 atom stereocenters. The van der Waals surface area contributed by atoms with Crippen LogP contribution in [0.15, 0.2) is 24.3 Å². The van der Waals surface area contributed by atoms with E-state index in [2.05, 4.69) is 0 Å². The van der Waals surface area contributed by atoms with Crippen molar-refractivity contribution in [2.75, 3.05) is 12.7 Å². The monoisotopic (exact) mass is 345 g/mol. The zero-order valence-electron chi connectivity index (χ0n) is 12.4. The van der Waals surface area contributed by atoms with Gasteiger partial charge >= 0.3 is 12.1 Å². The number of carbonyl (C=O) groups is 1. The lowest BCUT2D eigenvalue weighted by Crippen LogP contribution is -2.07. The van der Waals surface area contributed by atoms with Gasteiger partial charge in [0.2, 0.25) is 7.37 Å². The van der Waals surface area contributed by atoms with Crippen molar-refractivity contribution in [2.45, 2.75) is 25.1 Å². The number of aliphatic hydroxyl groups is 1. The van der Waals surface area contributed by atoms with Gasteiger partial charge in [0.1, 0.15) is 0 Å². The lowest BCUT2D eigenvalue weighted by Gasteiger charge is -2.18. The lowest BCUT2D eigenvalue weighted by molar-refractivity contribution is -0.191. The summed E-state index contributed by atoms with van der Waals surface area (Å²) in [4.78, 5) is 36.5. The second kappa shape index (κ2) is 10.8. The molecule has 9 heteroatoms. The predicted octanol–water partition coefficient (Wildman–Crippen LogP) is 0.730. The van der Waals surface area contributed by atoms with Crippen LogP contribution in [0.1, 0.15) is 29.8 Å². The molecule has 1 aromatic rings. The number of carboxylic acids is 1. The smallest absolute Gasteiger partial charge is 0.373 e. The number of hydrogen-bond donors (Lipinski definition) is 4. The van der Waals surface area contributed by atoms with Crippen LogP contribution in [0.5, 0.6) is 0 Å². The fourth-order valence-corrected chi connectivity index (χ4v) is 3.30. The highest BCUT2D eigenvalue weighted by Gasteiger charge is 2.29. The van der Waals surface area contributed by atoms with Gasteiger partial charge in [-0.2, -0.15) is 9.59 Å². The Morgan fingerprint density at radius 3 is 2.22 bits per heavy atom. The van der Waals surface area contributed by atoms with E-state index in [1.165, 1.54) is 0 Å². The summed E-state index contributed by atoms with van der Waals surface area (Å²) in [6, 6.07) is 6.41. The molecular weight excluding hydrogens is 325 g/mol. The number of carbonyl (C=O) groups excluding carboxylic acids is 2. The van der Waals surface area contributed by atoms with Crippen molar-refractivity contribution < 1.29 is 34.1 Å². The fraction of sp³-hybridized carbons (Fsp3) is 0.429. The highest BCUT2D eigenvalue weighted by atomic mass is 31.2. The fourth-order valence-electron chi connectivity index (χ4n) is 1.78. The number of rotatable bonds is 8. The Balaban J connectivity index is 0.00000149. The molecule has 0 heterocycles. The Hall–Kier alpha value is -1.82. The Morgan fingerprint density at radius 2 is 1.78 bits per heavy atom. The Bertz CT molecular complexity index is 567. The van der Waals surface area contributed by atoms with Crippen molar-refractivity contribution in [1.29, 1.82) is 0 Å². The summed E-state index contributed by atoms with van der Waals surface area (Å²) in [6.45, 7) is 0.297. The van der Waals surface area contributed by atoms with Gasteiger partial charge in [-0.1, -0.05) is 24.3 Å². The first-order valence-corrected chi connectivity index (χ1v) is 8.69. The molecule has 0 aromatic heterocycles. The molecule has 1 aromatic carbocycles. The molecule has 8 nitrogen and oxygen atoms in total. The Kier molecular flexibility index (Phi) is 9.97. The van der Waals surface area contributed by atoms with E-state index in [1.807, 2.05) is 0 Å². The van der Waals surface area contributed by atoms with Gasteiger partial charge in [0, 0.05) is 12.6 Å². The minimum atomic E-state index is -3.69. The number of benzene rings is 1. The maximum Gasteiger partial charge on any atom is 0.373 e. The minimum Gasteiger partial charge on any atom is -0.481 e. The highest BCUT2D eigenvalue weighted by Crippen LogP contribution is 2.54. The molecule has 0 saturated carbocycles. The molecule has 1 rings (SSSR count). The van der Waals surface area contributed by atoms with Gasteiger partial charge in [0.05, 0.1) is 0 Å². The third-order valence-electron chi connectivity index (χ3n) is 2.97. The van der Waals surface area contributed by atoms with E-state index >= 15 is 0 Å². The third kappa shape index (κ3) is 8.40. The van der Waals surface area contributed by atoms with E-state index in [0.29, 0.717) is 24.9 Å². The molecule has 2 unspecified atom stereocenters. The van der Waals surface area contributed by atoms with Gasteiger partial charge in [-0.25, -0.2) is 0 Å². The first kappa shape index (κ1) is 21.2. The van der Waals surface area contributed by atoms with Gasteiger partial charge in [0.15, 0.2) is 5.85 Å². The molecule has 0 aliphatic heterocycles. The van der Waals surface area contributed by atoms with E-state index in [0.717, 1.165) is 5.56 Å². The van der Waals surface area contributed by atoms with Crippen LogP contribution in [0, 0.1) is 0 Å². The summed E-state index contributed by atoms with van der Waals surface area (Å²) in [5.41, 5.74) is 6.45. The van der Waals surface area contributed by atoms with Gasteiger partial charge in [-0.3, -0.25) is 9.36 Å². The Morgan fingerprint density at radius 1 is 1.26 bits per heavy atom. The molecule has 0 saturated heterocycles. The number of aliphatic hydroxyl groups excluding tert-OH is 1. The zero-order valence-corrected chi connectivity index (χ0v) is 13.3. The molecular formula is C14H20NO7P. The number of aryl methyl sites for hydroxylation is 1. The molecule has 0 radical (unpaired) electrons. The van der Waals surface area contributed by atoms with E-state index < -0.39 is 19.2 Å². The number of hydrogen-bond acceptors (Lipinski definition) is 6. The van der Waals surface area contributed by atoms with E-state index in [-0.39, 0.29) is 18.7 Å². The summed E-state index contributed by atoms with van der Waals surface area (Å²) < 4.78 is 11.9. The van der Waals surface area contributed by atoms with E-state index in [9.17, 15) is 19.4 Å². The largest absolute Gasteiger partial charge is 0.481 e. The molecule has 0 spiro atoms. The topological polar surface area (TPSA) is 155 Å². The second-order valence-electron chi connectivity index (χ2n) is 4.71. The van der Waals surface area contributed by atoms with Crippen molar-refractivity contribution in [3.8, 4) is 0 Å². The van der Waals surface area contributed by atoms with E-state index in [4.69, 9.17) is 20.4 Å². The first-order chi connectivity index (χ1) is 10.8. The normalized spacial score (nSPS) is 13.9. The molecule has 23 heavy (non-hydrogen) atoms. The molecule has 128 valence electrons. The maximum absolute atomic E-state index is 11.9. The zero-order chi connectivity index (χ0) is 17.9. The van der Waals surface area contributed by atoms with Crippen LogP contribution < -0.4 is 5.73 Å². The standard InChI is InChI=1S/C13H20NO5P.CO2/c14-8-1-9-20(18,19)13(17)11-5-2-10(3-6-11)4-7-12(15)16;2-1-3/h2-3,5-6,13,17H,1,4,7-9,14H2,(H,15,16)(H,18,19);. The molecule has 0 amide bonds. The van der Waals surface area contributed by atoms with Crippen LogP contribution in [0.3, 0.4) is 0 Å². The highest BCUT2D eigenvalue weighted by molar-refractivity contribution is 7.58. The maximum atomic E-state index is 11.9. The van der Waals surface area contributed by atoms with Gasteiger partial charge < -0.3 is 20.8 Å². The quantitative estimate of drug-likeness (QED) is 0.503. The number of carboxylic acid groups (broad SMARTS) is 1. The number of nitrogens with two attached hydrogens (primary N) is 1. The number of aliphatic carboxylic acids is 1. The van der Waals surface area contributed by atoms with Gasteiger partial charge in [0.25, 0.3) is 0 Å². The Labute approximate surface area is 133 Å². The third-order valence-corrected chi connectivity index (χ3v) is 4.99. The van der Waals surface area contributed by atoms with Crippen LogP contribution >= 0.6 is 7.37 Å². The minimum absolute atomic E-state index is 0.0224. The summed E-state index contributed by atoms with van der Waals surface area (Å²) in [7, 11) is -3.69. The van der Waals surface area contributed by atoms with Crippen molar-refractivity contribution in [3.63, 3.8) is 0 Å². The van der Waals surface area contributed by atoms with E-state index in [1.54, 1.807) is 24.3 Å². The SMILES string of the molecule is NCCCP(=O)(O)C(O)c1ccc(CCC(=O)O)cc1.O=C=O. The van der Waals surface area contributed by atoms with Crippen molar-refractivity contribution in [1.82, 2.24) is 0 Å². The van der Waals surface area contributed by atoms with Crippen LogP contribution in [0.4, 0.5) is 0 Å². The second-order valence-corrected chi connectivity index (χ2v) is 7.16.